The number of fused-ring (bicyclic) bond motifs is 1. The van der Waals surface area contributed by atoms with E-state index in [4.69, 9.17) is 16.3 Å². The Morgan fingerprint density at radius 3 is 2.69 bits per heavy atom. The maximum Gasteiger partial charge on any atom is 0.124 e. The maximum absolute atomic E-state index is 6.06. The van der Waals surface area contributed by atoms with Crippen LogP contribution in [-0.2, 0) is 6.42 Å². The normalized spacial score (nSPS) is 12.6. The van der Waals surface area contributed by atoms with Gasteiger partial charge >= 0.3 is 0 Å². The molecular weight excluding hydrogens is 184 g/mol. The summed E-state index contributed by atoms with van der Waals surface area (Å²) in [5.74, 6) is 0.959. The fourth-order valence-electron chi connectivity index (χ4n) is 1.35. The van der Waals surface area contributed by atoms with Crippen molar-refractivity contribution in [3.05, 3.63) is 28.3 Å². The average molecular weight is 199 g/mol. The molecule has 1 heterocycles. The van der Waals surface area contributed by atoms with Crippen LogP contribution in [0.5, 0.6) is 5.75 Å². The smallest absolute Gasteiger partial charge is 0.124 e. The predicted octanol–water partition coefficient (Wildman–Crippen LogP) is 3.61. The number of halogens is 1. The summed E-state index contributed by atoms with van der Waals surface area (Å²) in [5.41, 5.74) is 2.31. The first-order valence-corrected chi connectivity index (χ1v) is 5.07. The third-order valence-electron chi connectivity index (χ3n) is 2.00. The van der Waals surface area contributed by atoms with Crippen molar-refractivity contribution < 1.29 is 4.74 Å². The van der Waals surface area contributed by atoms with Crippen LogP contribution in [0.2, 0.25) is 5.02 Å². The topological polar surface area (TPSA) is 9.23 Å². The van der Waals surface area contributed by atoms with Crippen LogP contribution in [0.3, 0.4) is 0 Å². The van der Waals surface area contributed by atoms with Crippen LogP contribution in [0, 0.1) is 6.92 Å². The van der Waals surface area contributed by atoms with Gasteiger partial charge in [-0.05, 0) is 18.6 Å². The van der Waals surface area contributed by atoms with Gasteiger partial charge in [-0.2, -0.15) is 0 Å². The first kappa shape index (κ1) is 10.4. The van der Waals surface area contributed by atoms with Gasteiger partial charge < -0.3 is 4.74 Å². The zero-order valence-electron chi connectivity index (χ0n) is 8.36. The van der Waals surface area contributed by atoms with Gasteiger partial charge in [-0.3, -0.25) is 0 Å². The highest BCUT2D eigenvalue weighted by atomic mass is 35.5. The summed E-state index contributed by atoms with van der Waals surface area (Å²) in [4.78, 5) is 0. The van der Waals surface area contributed by atoms with Crippen molar-refractivity contribution in [1.29, 1.82) is 0 Å². The Labute approximate surface area is 84.7 Å². The second-order valence-electron chi connectivity index (χ2n) is 2.77. The number of hydrogen-bond acceptors (Lipinski definition) is 1. The SMILES string of the molecule is CC.Cc1ccc2c(c1Cl)CCO2. The lowest BCUT2D eigenvalue weighted by atomic mass is 10.1. The molecule has 0 spiro atoms. The molecule has 0 bridgehead atoms. The van der Waals surface area contributed by atoms with Crippen LogP contribution in [0.25, 0.3) is 0 Å². The Bertz CT molecular complexity index is 294. The van der Waals surface area contributed by atoms with Crippen LogP contribution in [0.4, 0.5) is 0 Å². The van der Waals surface area contributed by atoms with Crippen molar-refractivity contribution in [2.75, 3.05) is 6.61 Å². The summed E-state index contributed by atoms with van der Waals surface area (Å²) in [6.07, 6.45) is 0.954. The van der Waals surface area contributed by atoms with Crippen molar-refractivity contribution in [2.24, 2.45) is 0 Å². The van der Waals surface area contributed by atoms with Gasteiger partial charge in [-0.15, -0.1) is 0 Å². The second kappa shape index (κ2) is 4.52. The monoisotopic (exact) mass is 198 g/mol. The Morgan fingerprint density at radius 1 is 1.31 bits per heavy atom. The van der Waals surface area contributed by atoms with Crippen LogP contribution in [-0.4, -0.2) is 6.61 Å². The van der Waals surface area contributed by atoms with Crippen molar-refractivity contribution >= 4 is 11.6 Å². The Kier molecular flexibility index (Phi) is 3.61. The third-order valence-corrected chi connectivity index (χ3v) is 2.53. The van der Waals surface area contributed by atoms with Crippen LogP contribution in [0.1, 0.15) is 25.0 Å². The van der Waals surface area contributed by atoms with Crippen LogP contribution >= 0.6 is 11.6 Å². The van der Waals surface area contributed by atoms with E-state index in [1.807, 2.05) is 32.9 Å². The fourth-order valence-corrected chi connectivity index (χ4v) is 1.60. The molecule has 0 N–H and O–H groups in total. The van der Waals surface area contributed by atoms with E-state index >= 15 is 0 Å². The molecule has 0 atom stereocenters. The summed E-state index contributed by atoms with van der Waals surface area (Å²) in [5, 5.41) is 0.875. The number of rotatable bonds is 0. The van der Waals surface area contributed by atoms with E-state index in [0.29, 0.717) is 0 Å². The summed E-state index contributed by atoms with van der Waals surface area (Å²) >= 11 is 6.06. The fraction of sp³-hybridized carbons (Fsp3) is 0.455. The molecule has 13 heavy (non-hydrogen) atoms. The molecule has 0 amide bonds. The Morgan fingerprint density at radius 2 is 2.00 bits per heavy atom. The molecule has 0 fully saturated rings. The van der Waals surface area contributed by atoms with Gasteiger partial charge in [0.15, 0.2) is 0 Å². The number of benzene rings is 1. The van der Waals surface area contributed by atoms with Crippen molar-refractivity contribution in [3.63, 3.8) is 0 Å². The van der Waals surface area contributed by atoms with Gasteiger partial charge in [0.2, 0.25) is 0 Å². The molecule has 0 saturated carbocycles. The van der Waals surface area contributed by atoms with Crippen LogP contribution < -0.4 is 4.74 Å². The average Bonchev–Trinajstić information content (AvgIpc) is 2.63. The summed E-state index contributed by atoms with van der Waals surface area (Å²) in [6.45, 7) is 6.79. The lowest BCUT2D eigenvalue weighted by Gasteiger charge is -2.02. The number of hydrogen-bond donors (Lipinski definition) is 0. The van der Waals surface area contributed by atoms with E-state index in [1.165, 1.54) is 5.56 Å². The van der Waals surface area contributed by atoms with E-state index in [2.05, 4.69) is 0 Å². The quantitative estimate of drug-likeness (QED) is 0.619. The molecule has 0 unspecified atom stereocenters. The third kappa shape index (κ3) is 1.97. The molecule has 72 valence electrons. The lowest BCUT2D eigenvalue weighted by Crippen LogP contribution is -1.85. The lowest BCUT2D eigenvalue weighted by molar-refractivity contribution is 0.357. The highest BCUT2D eigenvalue weighted by molar-refractivity contribution is 6.32. The van der Waals surface area contributed by atoms with E-state index in [0.717, 1.165) is 29.4 Å². The minimum Gasteiger partial charge on any atom is -0.493 e. The van der Waals surface area contributed by atoms with Gasteiger partial charge in [0.05, 0.1) is 11.6 Å². The van der Waals surface area contributed by atoms with Crippen molar-refractivity contribution in [3.8, 4) is 5.75 Å². The minimum atomic E-state index is 0.776. The number of aryl methyl sites for hydroxylation is 1. The molecule has 1 aromatic rings. The molecule has 0 aromatic heterocycles. The number of ether oxygens (including phenoxy) is 1. The Hall–Kier alpha value is -0.690. The summed E-state index contributed by atoms with van der Waals surface area (Å²) < 4.78 is 5.35. The first-order valence-electron chi connectivity index (χ1n) is 4.70. The molecule has 1 aromatic carbocycles. The van der Waals surface area contributed by atoms with E-state index < -0.39 is 0 Å². The predicted molar refractivity (Wildman–Crippen MR) is 56.7 cm³/mol. The van der Waals surface area contributed by atoms with Crippen molar-refractivity contribution in [2.45, 2.75) is 27.2 Å². The summed E-state index contributed by atoms with van der Waals surface area (Å²) in [7, 11) is 0. The first-order chi connectivity index (χ1) is 6.29. The highest BCUT2D eigenvalue weighted by Gasteiger charge is 2.15. The molecule has 0 saturated heterocycles. The van der Waals surface area contributed by atoms with E-state index in [1.54, 1.807) is 0 Å². The molecular formula is C11H15ClO. The summed E-state index contributed by atoms with van der Waals surface area (Å²) in [6, 6.07) is 3.98. The molecule has 1 nitrogen and oxygen atoms in total. The molecule has 0 aliphatic carbocycles. The second-order valence-corrected chi connectivity index (χ2v) is 3.15. The zero-order valence-corrected chi connectivity index (χ0v) is 9.11. The molecule has 2 rings (SSSR count). The standard InChI is InChI=1S/C9H9ClO.C2H6/c1-6-2-3-8-7(9(6)10)4-5-11-8;1-2/h2-3H,4-5H2,1H3;1-2H3. The molecule has 2 heteroatoms. The van der Waals surface area contributed by atoms with Gasteiger partial charge in [0, 0.05) is 12.0 Å². The van der Waals surface area contributed by atoms with Crippen LogP contribution in [0.15, 0.2) is 12.1 Å². The van der Waals surface area contributed by atoms with E-state index in [-0.39, 0.29) is 0 Å². The van der Waals surface area contributed by atoms with E-state index in [9.17, 15) is 0 Å². The highest BCUT2D eigenvalue weighted by Crippen LogP contribution is 2.33. The van der Waals surface area contributed by atoms with Gasteiger partial charge in [0.1, 0.15) is 5.75 Å². The maximum atomic E-state index is 6.06. The van der Waals surface area contributed by atoms with Gasteiger partial charge in [0.25, 0.3) is 0 Å². The molecule has 1 aliphatic heterocycles. The molecule has 1 aliphatic rings. The Balaban J connectivity index is 0.000000396. The van der Waals surface area contributed by atoms with Gasteiger partial charge in [-0.25, -0.2) is 0 Å². The van der Waals surface area contributed by atoms with Crippen molar-refractivity contribution in [1.82, 2.24) is 0 Å². The zero-order chi connectivity index (χ0) is 9.84. The molecule has 0 radical (unpaired) electrons. The van der Waals surface area contributed by atoms with Gasteiger partial charge in [-0.1, -0.05) is 31.5 Å². The minimum absolute atomic E-state index is 0.776. The largest absolute Gasteiger partial charge is 0.493 e.